The van der Waals surface area contributed by atoms with Gasteiger partial charge in [-0.3, -0.25) is 9.78 Å². The summed E-state index contributed by atoms with van der Waals surface area (Å²) < 4.78 is 5.56. The fraction of sp³-hybridized carbons (Fsp3) is 0.467. The van der Waals surface area contributed by atoms with Gasteiger partial charge in [-0.15, -0.1) is 0 Å². The summed E-state index contributed by atoms with van der Waals surface area (Å²) in [6.45, 7) is 2.45. The highest BCUT2D eigenvalue weighted by Gasteiger charge is 2.24. The Morgan fingerprint density at radius 3 is 3.25 bits per heavy atom. The zero-order valence-corrected chi connectivity index (χ0v) is 11.4. The van der Waals surface area contributed by atoms with Gasteiger partial charge in [-0.25, -0.2) is 0 Å². The third-order valence-electron chi connectivity index (χ3n) is 3.25. The van der Waals surface area contributed by atoms with Crippen LogP contribution < -0.4 is 5.32 Å². The molecule has 0 aromatic carbocycles. The van der Waals surface area contributed by atoms with Gasteiger partial charge >= 0.3 is 0 Å². The number of aliphatic hydroxyl groups excluding tert-OH is 1. The quantitative estimate of drug-likeness (QED) is 0.797. The molecule has 5 heteroatoms. The van der Waals surface area contributed by atoms with Crippen molar-refractivity contribution in [1.29, 1.82) is 0 Å². The molecule has 1 aliphatic heterocycles. The molecule has 2 unspecified atom stereocenters. The van der Waals surface area contributed by atoms with Gasteiger partial charge in [-0.2, -0.15) is 0 Å². The van der Waals surface area contributed by atoms with E-state index < -0.39 is 0 Å². The first-order valence-electron chi connectivity index (χ1n) is 6.68. The summed E-state index contributed by atoms with van der Waals surface area (Å²) in [5, 5.41) is 11.7. The first-order chi connectivity index (χ1) is 9.72. The zero-order chi connectivity index (χ0) is 14.4. The molecule has 0 aliphatic carbocycles. The van der Waals surface area contributed by atoms with Crippen LogP contribution in [-0.2, 0) is 4.74 Å². The fourth-order valence-electron chi connectivity index (χ4n) is 2.20. The Bertz CT molecular complexity index is 527. The van der Waals surface area contributed by atoms with Gasteiger partial charge in [0, 0.05) is 19.0 Å². The van der Waals surface area contributed by atoms with E-state index in [2.05, 4.69) is 22.1 Å². The van der Waals surface area contributed by atoms with Gasteiger partial charge < -0.3 is 15.2 Å². The standard InChI is InChI=1S/C15H18N2O3/c1-11(14-5-3-9-20-14)17-15(19)13-6-7-16-10-12(13)4-2-8-18/h6-7,10-11,14,18H,3,5,8-9H2,1H3,(H,17,19). The van der Waals surface area contributed by atoms with Crippen LogP contribution in [0.5, 0.6) is 0 Å². The highest BCUT2D eigenvalue weighted by Crippen LogP contribution is 2.16. The van der Waals surface area contributed by atoms with Gasteiger partial charge in [0.25, 0.3) is 5.91 Å². The molecule has 2 N–H and O–H groups in total. The molecule has 1 aromatic heterocycles. The van der Waals surface area contributed by atoms with Gasteiger partial charge in [0.15, 0.2) is 0 Å². The maximum absolute atomic E-state index is 12.3. The van der Waals surface area contributed by atoms with Crippen LogP contribution in [-0.4, -0.2) is 41.4 Å². The molecule has 1 saturated heterocycles. The van der Waals surface area contributed by atoms with Crippen molar-refractivity contribution in [2.45, 2.75) is 31.9 Å². The van der Waals surface area contributed by atoms with Crippen LogP contribution >= 0.6 is 0 Å². The molecule has 2 heterocycles. The van der Waals surface area contributed by atoms with Crippen molar-refractivity contribution in [3.8, 4) is 11.8 Å². The number of hydrogen-bond acceptors (Lipinski definition) is 4. The molecular formula is C15H18N2O3. The molecule has 1 fully saturated rings. The van der Waals surface area contributed by atoms with E-state index in [4.69, 9.17) is 9.84 Å². The van der Waals surface area contributed by atoms with E-state index in [0.717, 1.165) is 19.4 Å². The van der Waals surface area contributed by atoms with Crippen molar-refractivity contribution in [1.82, 2.24) is 10.3 Å². The van der Waals surface area contributed by atoms with Crippen molar-refractivity contribution in [2.75, 3.05) is 13.2 Å². The number of amides is 1. The van der Waals surface area contributed by atoms with Crippen LogP contribution in [0.25, 0.3) is 0 Å². The lowest BCUT2D eigenvalue weighted by molar-refractivity contribution is 0.0712. The summed E-state index contributed by atoms with van der Waals surface area (Å²) in [6.07, 6.45) is 5.15. The van der Waals surface area contributed by atoms with Gasteiger partial charge in [-0.1, -0.05) is 11.8 Å². The monoisotopic (exact) mass is 274 g/mol. The molecule has 20 heavy (non-hydrogen) atoms. The van der Waals surface area contributed by atoms with Gasteiger partial charge in [0.05, 0.1) is 23.3 Å². The molecule has 2 atom stereocenters. The smallest absolute Gasteiger partial charge is 0.252 e. The van der Waals surface area contributed by atoms with E-state index in [1.165, 1.54) is 6.20 Å². The van der Waals surface area contributed by atoms with Crippen molar-refractivity contribution in [3.05, 3.63) is 29.6 Å². The maximum Gasteiger partial charge on any atom is 0.252 e. The van der Waals surface area contributed by atoms with Crippen molar-refractivity contribution >= 4 is 5.91 Å². The normalized spacial score (nSPS) is 19.0. The average Bonchev–Trinajstić information content (AvgIpc) is 2.99. The van der Waals surface area contributed by atoms with E-state index in [1.54, 1.807) is 12.3 Å². The number of carbonyl (C=O) groups is 1. The molecule has 5 nitrogen and oxygen atoms in total. The SMILES string of the molecule is CC(NC(=O)c1ccncc1C#CCO)C1CCCO1. The number of nitrogens with one attached hydrogen (secondary N) is 1. The molecule has 0 radical (unpaired) electrons. The minimum atomic E-state index is -0.248. The van der Waals surface area contributed by atoms with Crippen LogP contribution in [0.1, 0.15) is 35.7 Å². The number of rotatable bonds is 3. The molecule has 0 spiro atoms. The van der Waals surface area contributed by atoms with Crippen LogP contribution in [0.2, 0.25) is 0 Å². The number of aromatic nitrogens is 1. The molecule has 1 aliphatic rings. The molecule has 106 valence electrons. The number of carbonyl (C=O) groups excluding carboxylic acids is 1. The molecule has 0 saturated carbocycles. The summed E-state index contributed by atoms with van der Waals surface area (Å²) in [5.74, 6) is 5.06. The number of pyridine rings is 1. The second-order valence-electron chi connectivity index (χ2n) is 4.69. The molecular weight excluding hydrogens is 256 g/mol. The summed E-state index contributed by atoms with van der Waals surface area (Å²) in [6, 6.07) is 1.58. The van der Waals surface area contributed by atoms with E-state index in [-0.39, 0.29) is 24.7 Å². The minimum Gasteiger partial charge on any atom is -0.384 e. The fourth-order valence-corrected chi connectivity index (χ4v) is 2.20. The Morgan fingerprint density at radius 1 is 1.70 bits per heavy atom. The zero-order valence-electron chi connectivity index (χ0n) is 11.4. The van der Waals surface area contributed by atoms with Crippen molar-refractivity contribution in [3.63, 3.8) is 0 Å². The Kier molecular flexibility index (Phi) is 5.10. The van der Waals surface area contributed by atoms with Crippen LogP contribution in [0.15, 0.2) is 18.5 Å². The number of ether oxygens (including phenoxy) is 1. The minimum absolute atomic E-state index is 0.0446. The van der Waals surface area contributed by atoms with Crippen LogP contribution in [0, 0.1) is 11.8 Å². The van der Waals surface area contributed by atoms with Crippen LogP contribution in [0.4, 0.5) is 0 Å². The lowest BCUT2D eigenvalue weighted by atomic mass is 10.1. The molecule has 2 rings (SSSR count). The van der Waals surface area contributed by atoms with Crippen molar-refractivity contribution < 1.29 is 14.6 Å². The predicted octanol–water partition coefficient (Wildman–Crippen LogP) is 0.723. The summed E-state index contributed by atoms with van der Waals surface area (Å²) in [7, 11) is 0. The number of nitrogens with zero attached hydrogens (tertiary/aromatic N) is 1. The second-order valence-corrected chi connectivity index (χ2v) is 4.69. The van der Waals surface area contributed by atoms with E-state index in [9.17, 15) is 4.79 Å². The highest BCUT2D eigenvalue weighted by atomic mass is 16.5. The van der Waals surface area contributed by atoms with Crippen molar-refractivity contribution in [2.24, 2.45) is 0 Å². The van der Waals surface area contributed by atoms with E-state index in [0.29, 0.717) is 11.1 Å². The Balaban J connectivity index is 2.08. The lowest BCUT2D eigenvalue weighted by Gasteiger charge is -2.20. The largest absolute Gasteiger partial charge is 0.384 e. The Labute approximate surface area is 118 Å². The lowest BCUT2D eigenvalue weighted by Crippen LogP contribution is -2.41. The summed E-state index contributed by atoms with van der Waals surface area (Å²) in [5.41, 5.74) is 0.976. The molecule has 0 bridgehead atoms. The van der Waals surface area contributed by atoms with E-state index in [1.807, 2.05) is 6.92 Å². The van der Waals surface area contributed by atoms with Crippen LogP contribution in [0.3, 0.4) is 0 Å². The Morgan fingerprint density at radius 2 is 2.55 bits per heavy atom. The Hall–Kier alpha value is -1.90. The summed E-state index contributed by atoms with van der Waals surface area (Å²) >= 11 is 0. The average molecular weight is 274 g/mol. The predicted molar refractivity (Wildman–Crippen MR) is 74.1 cm³/mol. The first kappa shape index (κ1) is 14.5. The van der Waals surface area contributed by atoms with E-state index >= 15 is 0 Å². The summed E-state index contributed by atoms with van der Waals surface area (Å²) in [4.78, 5) is 16.2. The number of hydrogen-bond donors (Lipinski definition) is 2. The third-order valence-corrected chi connectivity index (χ3v) is 3.25. The number of aliphatic hydroxyl groups is 1. The second kappa shape index (κ2) is 7.04. The molecule has 1 amide bonds. The highest BCUT2D eigenvalue weighted by molar-refractivity contribution is 5.96. The third kappa shape index (κ3) is 3.56. The topological polar surface area (TPSA) is 71.5 Å². The van der Waals surface area contributed by atoms with Gasteiger partial charge in [0.1, 0.15) is 6.61 Å². The first-order valence-corrected chi connectivity index (χ1v) is 6.68. The van der Waals surface area contributed by atoms with Gasteiger partial charge in [0.2, 0.25) is 0 Å². The molecule has 1 aromatic rings. The maximum atomic E-state index is 12.3. The van der Waals surface area contributed by atoms with Gasteiger partial charge in [-0.05, 0) is 25.8 Å².